The Balaban J connectivity index is 1.40. The lowest BCUT2D eigenvalue weighted by Gasteiger charge is -2.26. The van der Waals surface area contributed by atoms with Gasteiger partial charge in [-0.2, -0.15) is 23.0 Å². The first-order valence-electron chi connectivity index (χ1n) is 14.5. The number of rotatable bonds is 6. The molecule has 1 aromatic heterocycles. The van der Waals surface area contributed by atoms with Gasteiger partial charge in [0.15, 0.2) is 0 Å². The van der Waals surface area contributed by atoms with Gasteiger partial charge >= 0.3 is 12.1 Å². The number of allylic oxidation sites excluding steroid dienone is 2. The van der Waals surface area contributed by atoms with Gasteiger partial charge in [0, 0.05) is 31.0 Å². The zero-order valence-electron chi connectivity index (χ0n) is 23.1. The first kappa shape index (κ1) is 29.8. The number of aliphatic carboxylic acids is 1. The van der Waals surface area contributed by atoms with Crippen molar-refractivity contribution < 1.29 is 37.1 Å². The Hall–Kier alpha value is -3.25. The van der Waals surface area contributed by atoms with Gasteiger partial charge in [0.2, 0.25) is 5.91 Å². The minimum atomic E-state index is -4.58. The number of benzene rings is 1. The quantitative estimate of drug-likeness (QED) is 0.406. The molecule has 230 valence electrons. The van der Waals surface area contributed by atoms with Gasteiger partial charge in [-0.25, -0.2) is 4.39 Å². The molecule has 8 nitrogen and oxygen atoms in total. The van der Waals surface area contributed by atoms with E-state index in [4.69, 9.17) is 11.6 Å². The fourth-order valence-corrected chi connectivity index (χ4v) is 6.96. The molecule has 3 N–H and O–H groups in total. The normalized spacial score (nSPS) is 26.4. The number of alkyl halides is 4. The number of carboxylic acids is 1. The lowest BCUT2D eigenvalue weighted by atomic mass is 9.82. The molecular weight excluding hydrogens is 592 g/mol. The van der Waals surface area contributed by atoms with E-state index in [9.17, 15) is 37.1 Å². The van der Waals surface area contributed by atoms with Crippen LogP contribution >= 0.6 is 11.6 Å². The summed E-state index contributed by atoms with van der Waals surface area (Å²) in [6.45, 7) is 0.439. The summed E-state index contributed by atoms with van der Waals surface area (Å²) in [6.07, 6.45) is -2.43. The third kappa shape index (κ3) is 5.26. The molecule has 1 aromatic carbocycles. The summed E-state index contributed by atoms with van der Waals surface area (Å²) >= 11 is 6.43. The summed E-state index contributed by atoms with van der Waals surface area (Å²) in [7, 11) is 0. The third-order valence-corrected chi connectivity index (χ3v) is 9.72. The van der Waals surface area contributed by atoms with E-state index in [1.165, 1.54) is 18.2 Å². The third-order valence-electron chi connectivity index (χ3n) is 9.40. The van der Waals surface area contributed by atoms with E-state index in [0.717, 1.165) is 10.3 Å². The van der Waals surface area contributed by atoms with E-state index < -0.39 is 47.5 Å². The lowest BCUT2D eigenvalue weighted by Crippen LogP contribution is -2.45. The van der Waals surface area contributed by atoms with Crippen LogP contribution in [0.25, 0.3) is 5.57 Å². The van der Waals surface area contributed by atoms with Gasteiger partial charge in [-0.05, 0) is 62.1 Å². The molecule has 1 aliphatic heterocycles. The smallest absolute Gasteiger partial charge is 0.398 e. The minimum absolute atomic E-state index is 0.0756. The van der Waals surface area contributed by atoms with Gasteiger partial charge in [0.25, 0.3) is 5.91 Å². The summed E-state index contributed by atoms with van der Waals surface area (Å²) < 4.78 is 57.9. The predicted molar refractivity (Wildman–Crippen MR) is 149 cm³/mol. The Kier molecular flexibility index (Phi) is 7.65. The van der Waals surface area contributed by atoms with Crippen molar-refractivity contribution in [2.45, 2.75) is 75.2 Å². The highest BCUT2D eigenvalue weighted by molar-refractivity contribution is 6.34. The zero-order valence-corrected chi connectivity index (χ0v) is 23.9. The number of aromatic nitrogens is 2. The Labute approximate surface area is 249 Å². The maximum Gasteiger partial charge on any atom is 0.398 e. The summed E-state index contributed by atoms with van der Waals surface area (Å²) in [5.74, 6) is -3.22. The molecule has 2 fully saturated rings. The molecule has 1 saturated heterocycles. The maximum atomic E-state index is 14.2. The summed E-state index contributed by atoms with van der Waals surface area (Å²) in [5, 5.41) is 19.6. The van der Waals surface area contributed by atoms with E-state index in [-0.39, 0.29) is 54.3 Å². The van der Waals surface area contributed by atoms with Crippen molar-refractivity contribution in [3.05, 3.63) is 57.4 Å². The van der Waals surface area contributed by atoms with Crippen LogP contribution in [0.2, 0.25) is 5.02 Å². The number of carbonyl (C=O) groups is 3. The number of fused-ring (bicyclic) bond motifs is 1. The van der Waals surface area contributed by atoms with Crippen molar-refractivity contribution in [2.75, 3.05) is 13.1 Å². The second kappa shape index (κ2) is 11.0. The maximum absolute atomic E-state index is 14.2. The van der Waals surface area contributed by atoms with Gasteiger partial charge < -0.3 is 15.7 Å². The Morgan fingerprint density at radius 3 is 2.47 bits per heavy atom. The lowest BCUT2D eigenvalue weighted by molar-refractivity contribution is -0.160. The van der Waals surface area contributed by atoms with Crippen molar-refractivity contribution in [1.82, 2.24) is 20.4 Å². The monoisotopic (exact) mass is 622 g/mol. The van der Waals surface area contributed by atoms with Crippen molar-refractivity contribution >= 4 is 35.0 Å². The highest BCUT2D eigenvalue weighted by Gasteiger charge is 2.65. The topological polar surface area (TPSA) is 113 Å². The highest BCUT2D eigenvalue weighted by atomic mass is 35.5. The van der Waals surface area contributed by atoms with Crippen LogP contribution in [0.3, 0.4) is 0 Å². The second-order valence-electron chi connectivity index (χ2n) is 12.0. The first-order chi connectivity index (χ1) is 20.4. The van der Waals surface area contributed by atoms with Crippen molar-refractivity contribution in [3.8, 4) is 0 Å². The van der Waals surface area contributed by atoms with E-state index in [2.05, 4.69) is 15.7 Å². The molecule has 2 heterocycles. The van der Waals surface area contributed by atoms with Crippen LogP contribution in [0.15, 0.2) is 24.3 Å². The average molecular weight is 623 g/mol. The molecule has 43 heavy (non-hydrogen) atoms. The Morgan fingerprint density at radius 2 is 1.86 bits per heavy atom. The average Bonchev–Trinajstić information content (AvgIpc) is 3.59. The van der Waals surface area contributed by atoms with Crippen LogP contribution in [0.1, 0.15) is 71.4 Å². The van der Waals surface area contributed by atoms with Gasteiger partial charge in [0.1, 0.15) is 6.17 Å². The molecule has 2 unspecified atom stereocenters. The number of carbonyl (C=O) groups excluding carboxylic acids is 2. The summed E-state index contributed by atoms with van der Waals surface area (Å²) in [6, 6.07) is 3.38. The molecule has 0 bridgehead atoms. The number of hydrogen-bond acceptors (Lipinski definition) is 5. The standard InChI is InChI=1S/C30H31ClF4N4O4/c31-20-3-1-2-19(29(10-11-29)30(33,34)35)24(20)27(41)39-23-12-17(26(40)37-22-14-36-13-21(22)32)8-9-18(23)25(38-39)15-4-6-16(7-5-15)28(42)43/h1-4,16-17,21-22,36H,5-14H2,(H,37,40)(H,42,43)/t16?,17?,21-,22+/m0/s1. The number of carboxylic acid groups (broad SMARTS) is 1. The van der Waals surface area contributed by atoms with Crippen LogP contribution in [0.5, 0.6) is 0 Å². The molecular formula is C30H31ClF4N4O4. The van der Waals surface area contributed by atoms with Crippen molar-refractivity contribution in [3.63, 3.8) is 0 Å². The number of halogens is 5. The van der Waals surface area contributed by atoms with Gasteiger partial charge in [-0.3, -0.25) is 14.4 Å². The molecule has 1 amide bonds. The van der Waals surface area contributed by atoms with E-state index in [1.807, 2.05) is 0 Å². The molecule has 0 spiro atoms. The SMILES string of the molecule is O=C(O)C1CC=C(c2nn(C(=O)c3c(Cl)cccc3C3(C(F)(F)F)CC3)c3c2CCC(C(=O)N[C@@H]2CNC[C@@H]2F)C3)CC1. The van der Waals surface area contributed by atoms with Gasteiger partial charge in [0.05, 0.1) is 39.3 Å². The molecule has 1 saturated carbocycles. The number of nitrogens with zero attached hydrogens (tertiary/aromatic N) is 2. The summed E-state index contributed by atoms with van der Waals surface area (Å²) in [4.78, 5) is 38.9. The molecule has 4 atom stereocenters. The predicted octanol–water partition coefficient (Wildman–Crippen LogP) is 4.62. The molecule has 0 radical (unpaired) electrons. The largest absolute Gasteiger partial charge is 0.481 e. The van der Waals surface area contributed by atoms with Crippen LogP contribution < -0.4 is 10.6 Å². The van der Waals surface area contributed by atoms with E-state index in [1.54, 1.807) is 6.08 Å². The van der Waals surface area contributed by atoms with Crippen LogP contribution in [-0.2, 0) is 27.8 Å². The van der Waals surface area contributed by atoms with E-state index in [0.29, 0.717) is 49.2 Å². The highest BCUT2D eigenvalue weighted by Crippen LogP contribution is 2.60. The second-order valence-corrected chi connectivity index (χ2v) is 12.4. The minimum Gasteiger partial charge on any atom is -0.481 e. The van der Waals surface area contributed by atoms with Crippen molar-refractivity contribution in [2.24, 2.45) is 11.8 Å². The Bertz CT molecular complexity index is 1520. The fraction of sp³-hybridized carbons (Fsp3) is 0.533. The van der Waals surface area contributed by atoms with Gasteiger partial charge in [-0.15, -0.1) is 0 Å². The van der Waals surface area contributed by atoms with Crippen LogP contribution in [0, 0.1) is 11.8 Å². The first-order valence-corrected chi connectivity index (χ1v) is 14.9. The number of hydrogen-bond donors (Lipinski definition) is 3. The van der Waals surface area contributed by atoms with Crippen molar-refractivity contribution in [1.29, 1.82) is 0 Å². The zero-order chi connectivity index (χ0) is 30.7. The molecule has 3 aliphatic carbocycles. The van der Waals surface area contributed by atoms with Crippen LogP contribution in [0.4, 0.5) is 17.6 Å². The van der Waals surface area contributed by atoms with Gasteiger partial charge in [-0.1, -0.05) is 29.8 Å². The fourth-order valence-electron chi connectivity index (χ4n) is 6.70. The number of amides is 1. The molecule has 2 aromatic rings. The molecule has 6 rings (SSSR count). The molecule has 4 aliphatic rings. The Morgan fingerprint density at radius 1 is 1.12 bits per heavy atom. The van der Waals surface area contributed by atoms with Crippen LogP contribution in [-0.4, -0.2) is 64.2 Å². The molecule has 13 heteroatoms. The van der Waals surface area contributed by atoms with E-state index >= 15 is 0 Å². The summed E-state index contributed by atoms with van der Waals surface area (Å²) in [5.41, 5.74) is -0.294. The number of nitrogens with one attached hydrogen (secondary N) is 2.